The molecule has 188 valence electrons. The molecule has 0 bridgehead atoms. The summed E-state index contributed by atoms with van der Waals surface area (Å²) in [5, 5.41) is 4.52. The van der Waals surface area contributed by atoms with Crippen LogP contribution in [0, 0.1) is 4.91 Å². The molecule has 9 nitrogen and oxygen atoms in total. The first kappa shape index (κ1) is 24.0. The Hall–Kier alpha value is -3.69. The Morgan fingerprint density at radius 3 is 2.75 bits per heavy atom. The third-order valence-corrected chi connectivity index (χ3v) is 6.91. The monoisotopic (exact) mass is 489 g/mol. The van der Waals surface area contributed by atoms with Crippen molar-refractivity contribution < 1.29 is 9.47 Å². The van der Waals surface area contributed by atoms with Gasteiger partial charge in [-0.05, 0) is 55.2 Å². The van der Waals surface area contributed by atoms with Crippen molar-refractivity contribution in [2.24, 2.45) is 11.0 Å². The van der Waals surface area contributed by atoms with Crippen molar-refractivity contribution in [2.45, 2.75) is 31.7 Å². The Morgan fingerprint density at radius 2 is 1.97 bits per heavy atom. The van der Waals surface area contributed by atoms with Gasteiger partial charge < -0.3 is 24.4 Å². The lowest BCUT2D eigenvalue weighted by Gasteiger charge is -2.29. The van der Waals surface area contributed by atoms with E-state index < -0.39 is 0 Å². The maximum Gasteiger partial charge on any atom is 0.250 e. The standard InChI is InChI=1S/C27H31N5O4/c1-35-17-22(16-29-34)32(28)20-8-9-25-19(13-20)12-18-6-5-7-23(27(18)36-25)24-14-21(15-26(33)30-24)31-10-3-2-4-11-31/h5-9,13-15,22H,2-4,10-12,16-17,28H2,1H3,(H,30,33). The molecule has 0 aliphatic carbocycles. The number of nitrogens with two attached hydrogens (primary N) is 1. The molecule has 2 aromatic carbocycles. The summed E-state index contributed by atoms with van der Waals surface area (Å²) in [6.45, 7) is 2.25. The number of para-hydroxylation sites is 1. The summed E-state index contributed by atoms with van der Waals surface area (Å²) >= 11 is 0. The van der Waals surface area contributed by atoms with E-state index in [4.69, 9.17) is 15.3 Å². The fourth-order valence-corrected chi connectivity index (χ4v) is 5.05. The van der Waals surface area contributed by atoms with Gasteiger partial charge in [-0.2, -0.15) is 4.91 Å². The van der Waals surface area contributed by atoms with Gasteiger partial charge >= 0.3 is 0 Å². The van der Waals surface area contributed by atoms with Crippen LogP contribution in [0.15, 0.2) is 58.5 Å². The molecular weight excluding hydrogens is 458 g/mol. The number of nitroso groups, excluding NO2 is 1. The minimum atomic E-state index is -0.363. The lowest BCUT2D eigenvalue weighted by molar-refractivity contribution is 0.178. The van der Waals surface area contributed by atoms with Gasteiger partial charge in [-0.25, -0.2) is 5.84 Å². The van der Waals surface area contributed by atoms with E-state index in [1.165, 1.54) is 11.4 Å². The molecule has 36 heavy (non-hydrogen) atoms. The molecule has 3 aromatic rings. The van der Waals surface area contributed by atoms with E-state index in [0.717, 1.165) is 71.2 Å². The van der Waals surface area contributed by atoms with E-state index >= 15 is 0 Å². The molecule has 1 saturated heterocycles. The largest absolute Gasteiger partial charge is 0.456 e. The maximum atomic E-state index is 12.6. The number of methoxy groups -OCH3 is 1. The number of fused-ring (bicyclic) bond motifs is 2. The molecule has 3 N–H and O–H groups in total. The SMILES string of the molecule is COCC(CN=O)N(N)c1ccc2c(c1)Cc1cccc(-c3cc(N4CCCCC4)cc(=O)[nH]3)c1O2. The lowest BCUT2D eigenvalue weighted by Crippen LogP contribution is -2.45. The number of ether oxygens (including phenoxy) is 2. The number of pyridine rings is 1. The third-order valence-electron chi connectivity index (χ3n) is 6.91. The number of hydrogen-bond acceptors (Lipinski definition) is 8. The zero-order valence-electron chi connectivity index (χ0n) is 20.4. The predicted molar refractivity (Wildman–Crippen MR) is 141 cm³/mol. The van der Waals surface area contributed by atoms with E-state index in [9.17, 15) is 9.70 Å². The summed E-state index contributed by atoms with van der Waals surface area (Å²) < 4.78 is 11.6. The number of anilines is 2. The van der Waals surface area contributed by atoms with Crippen LogP contribution in [0.2, 0.25) is 0 Å². The molecule has 1 atom stereocenters. The average Bonchev–Trinajstić information content (AvgIpc) is 2.91. The third kappa shape index (κ3) is 4.84. The fraction of sp³-hybridized carbons (Fsp3) is 0.370. The van der Waals surface area contributed by atoms with Crippen molar-refractivity contribution in [3.05, 3.63) is 74.9 Å². The van der Waals surface area contributed by atoms with Gasteiger partial charge in [0.05, 0.1) is 24.0 Å². The van der Waals surface area contributed by atoms with Gasteiger partial charge in [0.2, 0.25) is 5.56 Å². The van der Waals surface area contributed by atoms with E-state index in [2.05, 4.69) is 15.1 Å². The van der Waals surface area contributed by atoms with E-state index in [0.29, 0.717) is 6.42 Å². The first-order valence-corrected chi connectivity index (χ1v) is 12.3. The number of piperidine rings is 1. The number of nitrogens with one attached hydrogen (secondary N) is 1. The summed E-state index contributed by atoms with van der Waals surface area (Å²) in [6.07, 6.45) is 4.17. The summed E-state index contributed by atoms with van der Waals surface area (Å²) in [4.78, 5) is 28.7. The Balaban J connectivity index is 1.45. The predicted octanol–water partition coefficient (Wildman–Crippen LogP) is 4.19. The molecule has 0 radical (unpaired) electrons. The van der Waals surface area contributed by atoms with Gasteiger partial charge in [-0.3, -0.25) is 4.79 Å². The fourth-order valence-electron chi connectivity index (χ4n) is 5.05. The molecular formula is C27H31N5O4. The topological polar surface area (TPSA) is 113 Å². The first-order valence-electron chi connectivity index (χ1n) is 12.3. The molecule has 2 aliphatic rings. The molecule has 9 heteroatoms. The smallest absolute Gasteiger partial charge is 0.250 e. The minimum Gasteiger partial charge on any atom is -0.456 e. The van der Waals surface area contributed by atoms with Crippen LogP contribution >= 0.6 is 0 Å². The second kappa shape index (κ2) is 10.5. The molecule has 1 unspecified atom stereocenters. The summed E-state index contributed by atoms with van der Waals surface area (Å²) in [5.74, 6) is 7.79. The number of hydrazine groups is 1. The van der Waals surface area contributed by atoms with Gasteiger partial charge in [-0.15, -0.1) is 0 Å². The van der Waals surface area contributed by atoms with Crippen LogP contribution in [0.25, 0.3) is 11.3 Å². The van der Waals surface area contributed by atoms with Gasteiger partial charge in [0.1, 0.15) is 18.0 Å². The van der Waals surface area contributed by atoms with Gasteiger partial charge in [0, 0.05) is 49.5 Å². The second-order valence-electron chi connectivity index (χ2n) is 9.36. The van der Waals surface area contributed by atoms with Gasteiger partial charge in [0.15, 0.2) is 0 Å². The number of benzene rings is 2. The van der Waals surface area contributed by atoms with Crippen LogP contribution < -0.4 is 26.0 Å². The van der Waals surface area contributed by atoms with E-state index in [1.807, 2.05) is 42.5 Å². The Bertz CT molecular complexity index is 1300. The number of aromatic amines is 1. The first-order chi connectivity index (χ1) is 17.6. The number of rotatable bonds is 8. The van der Waals surface area contributed by atoms with Gasteiger partial charge in [-0.1, -0.05) is 17.3 Å². The van der Waals surface area contributed by atoms with Crippen LogP contribution in [-0.4, -0.2) is 44.4 Å². The molecule has 1 fully saturated rings. The van der Waals surface area contributed by atoms with Crippen molar-refractivity contribution in [1.29, 1.82) is 0 Å². The molecule has 2 aliphatic heterocycles. The molecule has 0 spiro atoms. The van der Waals surface area contributed by atoms with Crippen molar-refractivity contribution in [1.82, 2.24) is 4.98 Å². The second-order valence-corrected chi connectivity index (χ2v) is 9.36. The highest BCUT2D eigenvalue weighted by Crippen LogP contribution is 2.43. The van der Waals surface area contributed by atoms with Crippen LogP contribution in [0.1, 0.15) is 30.4 Å². The van der Waals surface area contributed by atoms with E-state index in [-0.39, 0.29) is 24.8 Å². The Kier molecular flexibility index (Phi) is 7.02. The highest BCUT2D eigenvalue weighted by molar-refractivity contribution is 5.74. The summed E-state index contributed by atoms with van der Waals surface area (Å²) in [6, 6.07) is 15.1. The summed E-state index contributed by atoms with van der Waals surface area (Å²) in [7, 11) is 1.57. The van der Waals surface area contributed by atoms with Crippen LogP contribution in [0.3, 0.4) is 0 Å². The molecule has 0 amide bonds. The Morgan fingerprint density at radius 1 is 1.14 bits per heavy atom. The summed E-state index contributed by atoms with van der Waals surface area (Å²) in [5.41, 5.74) is 5.19. The van der Waals surface area contributed by atoms with E-state index in [1.54, 1.807) is 13.2 Å². The lowest BCUT2D eigenvalue weighted by atomic mass is 9.96. The molecule has 5 rings (SSSR count). The van der Waals surface area contributed by atoms with Gasteiger partial charge in [0.25, 0.3) is 0 Å². The van der Waals surface area contributed by atoms with Crippen molar-refractivity contribution in [2.75, 3.05) is 43.3 Å². The number of aromatic nitrogens is 1. The Labute approximate surface area is 209 Å². The number of hydrogen-bond donors (Lipinski definition) is 2. The number of H-pyrrole nitrogens is 1. The van der Waals surface area contributed by atoms with Crippen LogP contribution in [0.4, 0.5) is 11.4 Å². The minimum absolute atomic E-state index is 0.0266. The normalized spacial score (nSPS) is 15.4. The van der Waals surface area contributed by atoms with Crippen LogP contribution in [-0.2, 0) is 11.2 Å². The number of nitrogens with zero attached hydrogens (tertiary/aromatic N) is 3. The highest BCUT2D eigenvalue weighted by Gasteiger charge is 2.24. The zero-order chi connectivity index (χ0) is 25.1. The van der Waals surface area contributed by atoms with Crippen molar-refractivity contribution in [3.63, 3.8) is 0 Å². The molecule has 0 saturated carbocycles. The maximum absolute atomic E-state index is 12.6. The average molecular weight is 490 g/mol. The van der Waals surface area contributed by atoms with Crippen molar-refractivity contribution in [3.8, 4) is 22.8 Å². The highest BCUT2D eigenvalue weighted by atomic mass is 16.5. The quantitative estimate of drug-likeness (QED) is 0.217. The molecule has 3 heterocycles. The molecule has 1 aromatic heterocycles. The zero-order valence-corrected chi connectivity index (χ0v) is 20.4. The van der Waals surface area contributed by atoms with Crippen molar-refractivity contribution >= 4 is 11.4 Å². The van der Waals surface area contributed by atoms with Crippen LogP contribution in [0.5, 0.6) is 11.5 Å².